The van der Waals surface area contributed by atoms with Gasteiger partial charge in [-0.3, -0.25) is 14.9 Å². The number of hydrogen-bond donors (Lipinski definition) is 2. The van der Waals surface area contributed by atoms with Crippen LogP contribution in [0.5, 0.6) is 5.88 Å². The van der Waals surface area contributed by atoms with Crippen LogP contribution in [0, 0.1) is 10.1 Å². The molecule has 24 heavy (non-hydrogen) atoms. The molecule has 0 radical (unpaired) electrons. The summed E-state index contributed by atoms with van der Waals surface area (Å²) in [5.41, 5.74) is 0.141. The van der Waals surface area contributed by atoms with E-state index in [0.717, 1.165) is 10.9 Å². The van der Waals surface area contributed by atoms with Crippen LogP contribution < -0.4 is 10.1 Å². The predicted octanol–water partition coefficient (Wildman–Crippen LogP) is 1.70. The number of carbonyl (C=O) groups is 2. The van der Waals surface area contributed by atoms with Crippen LogP contribution >= 0.6 is 0 Å². The van der Waals surface area contributed by atoms with Crippen molar-refractivity contribution in [3.63, 3.8) is 0 Å². The summed E-state index contributed by atoms with van der Waals surface area (Å²) in [6, 6.07) is 4.75. The molecule has 0 aliphatic rings. The van der Waals surface area contributed by atoms with Crippen molar-refractivity contribution in [3.8, 4) is 5.88 Å². The number of anilines is 1. The van der Waals surface area contributed by atoms with E-state index in [-0.39, 0.29) is 17.1 Å². The first-order valence-corrected chi connectivity index (χ1v) is 6.75. The van der Waals surface area contributed by atoms with Crippen molar-refractivity contribution in [2.75, 3.05) is 12.4 Å². The number of carbonyl (C=O) groups excluding carboxylic acids is 1. The molecule has 10 heteroatoms. The van der Waals surface area contributed by atoms with Gasteiger partial charge in [-0.25, -0.2) is 9.48 Å². The first-order chi connectivity index (χ1) is 11.3. The highest BCUT2D eigenvalue weighted by Gasteiger charge is 2.25. The minimum Gasteiger partial charge on any atom is -0.478 e. The molecule has 1 heterocycles. The summed E-state index contributed by atoms with van der Waals surface area (Å²) in [4.78, 5) is 33.2. The Hall–Kier alpha value is -3.43. The van der Waals surface area contributed by atoms with E-state index in [0.29, 0.717) is 5.69 Å². The molecule has 0 aliphatic heterocycles. The Labute approximate surface area is 135 Å². The summed E-state index contributed by atoms with van der Waals surface area (Å²) in [6.07, 6.45) is 1.11. The zero-order valence-electron chi connectivity index (χ0n) is 12.8. The fourth-order valence-corrected chi connectivity index (χ4v) is 1.90. The lowest BCUT2D eigenvalue weighted by atomic mass is 10.2. The van der Waals surface area contributed by atoms with Crippen LogP contribution in [0.25, 0.3) is 0 Å². The van der Waals surface area contributed by atoms with Crippen molar-refractivity contribution in [1.29, 1.82) is 0 Å². The van der Waals surface area contributed by atoms with Gasteiger partial charge in [-0.05, 0) is 31.2 Å². The highest BCUT2D eigenvalue weighted by Crippen LogP contribution is 2.26. The van der Waals surface area contributed by atoms with E-state index in [9.17, 15) is 19.7 Å². The number of ether oxygens (including phenoxy) is 1. The highest BCUT2D eigenvalue weighted by atomic mass is 16.6. The number of methoxy groups -OCH3 is 1. The third-order valence-electron chi connectivity index (χ3n) is 3.25. The zero-order valence-corrected chi connectivity index (χ0v) is 12.8. The van der Waals surface area contributed by atoms with Gasteiger partial charge in [-0.1, -0.05) is 0 Å². The Kier molecular flexibility index (Phi) is 4.78. The molecule has 1 aromatic heterocycles. The van der Waals surface area contributed by atoms with E-state index in [2.05, 4.69) is 10.4 Å². The number of hydrogen-bond acceptors (Lipinski definition) is 6. The minimum absolute atomic E-state index is 0.0912. The second-order valence-electron chi connectivity index (χ2n) is 4.81. The number of rotatable bonds is 6. The second-order valence-corrected chi connectivity index (χ2v) is 4.81. The summed E-state index contributed by atoms with van der Waals surface area (Å²) in [6.45, 7) is 1.51. The lowest BCUT2D eigenvalue weighted by molar-refractivity contribution is -0.385. The van der Waals surface area contributed by atoms with Gasteiger partial charge in [-0.2, -0.15) is 0 Å². The van der Waals surface area contributed by atoms with Crippen LogP contribution in [-0.4, -0.2) is 38.8 Å². The fraction of sp³-hybridized carbons (Fsp3) is 0.214. The highest BCUT2D eigenvalue weighted by molar-refractivity contribution is 5.94. The Morgan fingerprint density at radius 2 is 2.00 bits per heavy atom. The first-order valence-electron chi connectivity index (χ1n) is 6.75. The van der Waals surface area contributed by atoms with E-state index in [1.165, 1.54) is 38.3 Å². The number of carboxylic acids is 1. The zero-order chi connectivity index (χ0) is 17.9. The molecular weight excluding hydrogens is 320 g/mol. The Morgan fingerprint density at radius 3 is 2.46 bits per heavy atom. The van der Waals surface area contributed by atoms with Gasteiger partial charge in [0.1, 0.15) is 12.2 Å². The van der Waals surface area contributed by atoms with Gasteiger partial charge in [0.2, 0.25) is 5.91 Å². The summed E-state index contributed by atoms with van der Waals surface area (Å²) < 4.78 is 5.93. The Balaban J connectivity index is 2.14. The van der Waals surface area contributed by atoms with Gasteiger partial charge in [0.05, 0.1) is 17.6 Å². The van der Waals surface area contributed by atoms with Crippen LogP contribution in [-0.2, 0) is 4.79 Å². The van der Waals surface area contributed by atoms with Crippen molar-refractivity contribution in [3.05, 3.63) is 46.1 Å². The number of nitrogens with zero attached hydrogens (tertiary/aromatic N) is 3. The molecule has 10 nitrogen and oxygen atoms in total. The lowest BCUT2D eigenvalue weighted by Crippen LogP contribution is -2.24. The van der Waals surface area contributed by atoms with Crippen molar-refractivity contribution in [1.82, 2.24) is 9.78 Å². The molecular formula is C14H14N4O6. The number of nitro groups is 1. The Morgan fingerprint density at radius 1 is 1.38 bits per heavy atom. The average Bonchev–Trinajstić information content (AvgIpc) is 2.99. The molecule has 0 spiro atoms. The van der Waals surface area contributed by atoms with E-state index in [4.69, 9.17) is 9.84 Å². The smallest absolute Gasteiger partial charge is 0.350 e. The van der Waals surface area contributed by atoms with Gasteiger partial charge in [0, 0.05) is 5.69 Å². The van der Waals surface area contributed by atoms with E-state index in [1.54, 1.807) is 0 Å². The average molecular weight is 334 g/mol. The number of nitrogens with one attached hydrogen (secondary N) is 1. The third kappa shape index (κ3) is 3.48. The second kappa shape index (κ2) is 6.77. The molecule has 0 saturated heterocycles. The normalized spacial score (nSPS) is 11.6. The number of benzene rings is 1. The molecule has 1 atom stereocenters. The van der Waals surface area contributed by atoms with Crippen LogP contribution in [0.4, 0.5) is 11.4 Å². The number of amides is 1. The van der Waals surface area contributed by atoms with Crippen LogP contribution in [0.2, 0.25) is 0 Å². The van der Waals surface area contributed by atoms with Gasteiger partial charge < -0.3 is 15.2 Å². The van der Waals surface area contributed by atoms with Crippen LogP contribution in [0.15, 0.2) is 30.5 Å². The van der Waals surface area contributed by atoms with Crippen molar-refractivity contribution in [2.45, 2.75) is 13.0 Å². The molecule has 0 bridgehead atoms. The first kappa shape index (κ1) is 16.9. The predicted molar refractivity (Wildman–Crippen MR) is 82.2 cm³/mol. The molecule has 1 aromatic carbocycles. The van der Waals surface area contributed by atoms with Crippen LogP contribution in [0.1, 0.15) is 23.3 Å². The quantitative estimate of drug-likeness (QED) is 0.606. The Bertz CT molecular complexity index is 783. The number of aromatic carboxylic acids is 1. The number of carboxylic acid groups (broad SMARTS) is 1. The van der Waals surface area contributed by atoms with Crippen molar-refractivity contribution in [2.24, 2.45) is 0 Å². The molecule has 0 saturated carbocycles. The summed E-state index contributed by atoms with van der Waals surface area (Å²) in [7, 11) is 1.24. The molecule has 1 amide bonds. The maximum atomic E-state index is 12.2. The van der Waals surface area contributed by atoms with Gasteiger partial charge in [-0.15, -0.1) is 5.10 Å². The third-order valence-corrected chi connectivity index (χ3v) is 3.25. The molecule has 2 rings (SSSR count). The van der Waals surface area contributed by atoms with E-state index in [1.807, 2.05) is 0 Å². The topological polar surface area (TPSA) is 137 Å². The monoisotopic (exact) mass is 334 g/mol. The molecule has 0 fully saturated rings. The summed E-state index contributed by atoms with van der Waals surface area (Å²) in [5.74, 6) is -1.74. The van der Waals surface area contributed by atoms with Crippen molar-refractivity contribution >= 4 is 23.3 Å². The maximum Gasteiger partial charge on any atom is 0.350 e. The van der Waals surface area contributed by atoms with Gasteiger partial charge >= 0.3 is 17.5 Å². The van der Waals surface area contributed by atoms with Crippen molar-refractivity contribution < 1.29 is 24.4 Å². The van der Waals surface area contributed by atoms with Gasteiger partial charge in [0.15, 0.2) is 0 Å². The molecule has 0 aliphatic carbocycles. The summed E-state index contributed by atoms with van der Waals surface area (Å²) in [5, 5.41) is 26.2. The largest absolute Gasteiger partial charge is 0.478 e. The van der Waals surface area contributed by atoms with Crippen LogP contribution in [0.3, 0.4) is 0 Å². The molecule has 126 valence electrons. The number of aromatic nitrogens is 2. The fourth-order valence-electron chi connectivity index (χ4n) is 1.90. The van der Waals surface area contributed by atoms with E-state index >= 15 is 0 Å². The molecule has 2 N–H and O–H groups in total. The maximum absolute atomic E-state index is 12.2. The SMILES string of the molecule is COc1nn(C(C)C(=O)Nc2ccc(C(=O)O)cc2)cc1[N+](=O)[O-]. The molecule has 1 unspecified atom stereocenters. The van der Waals surface area contributed by atoms with Gasteiger partial charge in [0.25, 0.3) is 0 Å². The lowest BCUT2D eigenvalue weighted by Gasteiger charge is -2.12. The minimum atomic E-state index is -1.07. The standard InChI is InChI=1S/C14H14N4O6/c1-8(17-7-11(18(22)23)13(16-17)24-2)12(19)15-10-5-3-9(4-6-10)14(20)21/h3-8H,1-2H3,(H,15,19)(H,20,21). The summed E-state index contributed by atoms with van der Waals surface area (Å²) >= 11 is 0. The molecule has 2 aromatic rings. The van der Waals surface area contributed by atoms with E-state index < -0.39 is 22.8 Å².